The zero-order valence-corrected chi connectivity index (χ0v) is 17.5. The number of nitrogen functional groups attached to an aromatic ring is 1. The Morgan fingerprint density at radius 1 is 1.48 bits per heavy atom. The molecule has 2 amide bonds. The molecule has 5 N–H and O–H groups in total. The number of hydrogen-bond acceptors (Lipinski definition) is 11. The van der Waals surface area contributed by atoms with Gasteiger partial charge in [0.1, 0.15) is 29.4 Å². The Labute approximate surface area is 183 Å². The van der Waals surface area contributed by atoms with E-state index in [2.05, 4.69) is 27.3 Å². The third-order valence-electron chi connectivity index (χ3n) is 4.22. The van der Waals surface area contributed by atoms with Gasteiger partial charge in [-0.25, -0.2) is 14.6 Å². The first-order chi connectivity index (χ1) is 14.8. The van der Waals surface area contributed by atoms with Crippen LogP contribution < -0.4 is 11.1 Å². The van der Waals surface area contributed by atoms with Crippen molar-refractivity contribution in [2.75, 3.05) is 18.1 Å². The second kappa shape index (κ2) is 9.06. The summed E-state index contributed by atoms with van der Waals surface area (Å²) in [7, 11) is 0. The molecule has 2 atom stereocenters. The lowest BCUT2D eigenvalue weighted by Crippen LogP contribution is -2.71. The highest BCUT2D eigenvalue weighted by atomic mass is 32.2. The number of nitrogens with one attached hydrogen (secondary N) is 1. The Bertz CT molecular complexity index is 1080. The number of nitrogens with zero attached hydrogens (tertiary/aromatic N) is 3. The Morgan fingerprint density at radius 3 is 2.81 bits per heavy atom. The Balaban J connectivity index is 1.74. The van der Waals surface area contributed by atoms with Crippen LogP contribution in [0, 0.1) is 11.8 Å². The van der Waals surface area contributed by atoms with Crippen LogP contribution in [0.1, 0.15) is 12.6 Å². The number of oxime groups is 1. The van der Waals surface area contributed by atoms with Gasteiger partial charge in [0, 0.05) is 22.6 Å². The summed E-state index contributed by atoms with van der Waals surface area (Å²) >= 11 is 2.22. The fourth-order valence-electron chi connectivity index (χ4n) is 2.90. The van der Waals surface area contributed by atoms with E-state index in [0.29, 0.717) is 0 Å². The van der Waals surface area contributed by atoms with Crippen LogP contribution in [0.15, 0.2) is 21.8 Å². The van der Waals surface area contributed by atoms with Crippen LogP contribution in [0.5, 0.6) is 0 Å². The van der Waals surface area contributed by atoms with E-state index in [1.165, 1.54) is 24.1 Å². The number of hydrogen-bond donors (Lipinski definition) is 4. The van der Waals surface area contributed by atoms with Crippen LogP contribution in [0.3, 0.4) is 0 Å². The van der Waals surface area contributed by atoms with E-state index in [-0.39, 0.29) is 34.5 Å². The van der Waals surface area contributed by atoms with Gasteiger partial charge in [0.15, 0.2) is 10.8 Å². The quantitative estimate of drug-likeness (QED) is 0.0789. The van der Waals surface area contributed by atoms with Gasteiger partial charge in [-0.3, -0.25) is 14.5 Å². The number of aliphatic carboxylic acids is 1. The molecule has 0 aliphatic carbocycles. The number of thioether (sulfide) groups is 1. The molecule has 3 heterocycles. The smallest absolute Gasteiger partial charge is 0.384 e. The highest BCUT2D eigenvalue weighted by molar-refractivity contribution is 8.00. The van der Waals surface area contributed by atoms with Crippen LogP contribution in [0.2, 0.25) is 0 Å². The fourth-order valence-corrected chi connectivity index (χ4v) is 4.78. The van der Waals surface area contributed by atoms with Crippen molar-refractivity contribution in [3.8, 4) is 11.8 Å². The van der Waals surface area contributed by atoms with Gasteiger partial charge in [-0.1, -0.05) is 11.1 Å². The van der Waals surface area contributed by atoms with Crippen molar-refractivity contribution < 1.29 is 34.2 Å². The number of carbonyl (C=O) groups is 4. The normalized spacial score (nSPS) is 20.2. The zero-order chi connectivity index (χ0) is 22.7. The van der Waals surface area contributed by atoms with Crippen LogP contribution >= 0.6 is 23.1 Å². The molecular weight excluding hydrogens is 450 g/mol. The number of carboxylic acid groups (broad SMARTS) is 1. The lowest BCUT2D eigenvalue weighted by Gasteiger charge is -2.49. The first-order valence-corrected chi connectivity index (χ1v) is 10.4. The summed E-state index contributed by atoms with van der Waals surface area (Å²) in [6, 6.07) is -1.05. The molecule has 0 spiro atoms. The van der Waals surface area contributed by atoms with Gasteiger partial charge in [-0.2, -0.15) is 0 Å². The number of amides is 2. The number of ether oxygens (including phenoxy) is 1. The third-order valence-corrected chi connectivity index (χ3v) is 6.23. The number of carboxylic acids is 1. The maximum atomic E-state index is 12.6. The van der Waals surface area contributed by atoms with E-state index in [9.17, 15) is 24.3 Å². The molecule has 162 valence electrons. The maximum Gasteiger partial charge on any atom is 0.384 e. The molecule has 0 aromatic carbocycles. The standard InChI is InChI=1S/C17H15N5O7S2/c1-2-3-9(23)29-4-7-5-30-15-11(14(25)22(15)12(7)16(26)27)20-13(24)10(21-28)8-6-31-17(18)19-8/h6,11,15,28H,4-5H2,1H3,(H2,18,19)(H,20,24)(H,26,27)/b21-10-/t11-,15-/m1/s1. The summed E-state index contributed by atoms with van der Waals surface area (Å²) in [5, 5.41) is 25.0. The second-order valence-electron chi connectivity index (χ2n) is 6.09. The van der Waals surface area contributed by atoms with Gasteiger partial charge in [0.2, 0.25) is 0 Å². The summed E-state index contributed by atoms with van der Waals surface area (Å²) < 4.78 is 4.92. The van der Waals surface area contributed by atoms with E-state index in [0.717, 1.165) is 16.2 Å². The molecule has 3 rings (SSSR count). The maximum absolute atomic E-state index is 12.6. The minimum absolute atomic E-state index is 0.0350. The average molecular weight is 465 g/mol. The summed E-state index contributed by atoms with van der Waals surface area (Å²) in [5.41, 5.74) is 5.04. The average Bonchev–Trinajstić information content (AvgIpc) is 3.16. The summed E-state index contributed by atoms with van der Waals surface area (Å²) in [6.07, 6.45) is 0. The molecule has 1 aromatic heterocycles. The first kappa shape index (κ1) is 22.1. The SMILES string of the molecule is CC#CC(=O)OCC1=C(C(=O)O)N2C(=O)[C@@H](NC(=O)/C(=N\O)c3csc(N)n3)[C@H]2SC1. The molecule has 0 unspecified atom stereocenters. The molecular formula is C17H15N5O7S2. The molecule has 2 aliphatic heterocycles. The highest BCUT2D eigenvalue weighted by Crippen LogP contribution is 2.40. The lowest BCUT2D eigenvalue weighted by molar-refractivity contribution is -0.150. The number of nitrogens with two attached hydrogens (primary N) is 1. The largest absolute Gasteiger partial charge is 0.477 e. The van der Waals surface area contributed by atoms with Gasteiger partial charge in [0.05, 0.1) is 0 Å². The first-order valence-electron chi connectivity index (χ1n) is 8.52. The number of thiazole rings is 1. The molecule has 1 fully saturated rings. The van der Waals surface area contributed by atoms with Crippen molar-refractivity contribution in [3.05, 3.63) is 22.3 Å². The molecule has 14 heteroatoms. The van der Waals surface area contributed by atoms with E-state index < -0.39 is 40.9 Å². The van der Waals surface area contributed by atoms with Crippen LogP contribution in [-0.2, 0) is 23.9 Å². The van der Waals surface area contributed by atoms with Crippen molar-refractivity contribution in [2.45, 2.75) is 18.3 Å². The number of esters is 1. The fraction of sp³-hybridized carbons (Fsp3) is 0.294. The second-order valence-corrected chi connectivity index (χ2v) is 8.08. The topological polar surface area (TPSA) is 185 Å². The third kappa shape index (κ3) is 4.32. The molecule has 0 bridgehead atoms. The number of β-lactam (4-membered cyclic amide) rings is 1. The van der Waals surface area contributed by atoms with E-state index in [4.69, 9.17) is 15.7 Å². The minimum atomic E-state index is -1.37. The lowest BCUT2D eigenvalue weighted by atomic mass is 10.0. The molecule has 1 saturated heterocycles. The van der Waals surface area contributed by atoms with E-state index in [1.807, 2.05) is 0 Å². The van der Waals surface area contributed by atoms with Gasteiger partial charge in [-0.15, -0.1) is 23.1 Å². The van der Waals surface area contributed by atoms with E-state index in [1.54, 1.807) is 0 Å². The van der Waals surface area contributed by atoms with Crippen molar-refractivity contribution in [1.82, 2.24) is 15.2 Å². The molecule has 0 radical (unpaired) electrons. The monoisotopic (exact) mass is 465 g/mol. The molecule has 12 nitrogen and oxygen atoms in total. The predicted octanol–water partition coefficient (Wildman–Crippen LogP) is -0.791. The number of aromatic nitrogens is 1. The summed E-state index contributed by atoms with van der Waals surface area (Å²) in [6.45, 7) is 1.12. The van der Waals surface area contributed by atoms with Crippen LogP contribution in [0.4, 0.5) is 5.13 Å². The number of fused-ring (bicyclic) bond motifs is 1. The minimum Gasteiger partial charge on any atom is -0.477 e. The predicted molar refractivity (Wildman–Crippen MR) is 109 cm³/mol. The van der Waals surface area contributed by atoms with Crippen molar-refractivity contribution in [1.29, 1.82) is 0 Å². The van der Waals surface area contributed by atoms with Gasteiger partial charge in [0.25, 0.3) is 11.8 Å². The number of carbonyl (C=O) groups excluding carboxylic acids is 3. The number of anilines is 1. The zero-order valence-electron chi connectivity index (χ0n) is 15.8. The molecule has 2 aliphatic rings. The molecule has 1 aromatic rings. The van der Waals surface area contributed by atoms with Gasteiger partial charge in [-0.05, 0) is 6.92 Å². The summed E-state index contributed by atoms with van der Waals surface area (Å²) in [5.74, 6) is 0.968. The Morgan fingerprint density at radius 2 is 2.23 bits per heavy atom. The molecule has 31 heavy (non-hydrogen) atoms. The van der Waals surface area contributed by atoms with Crippen LogP contribution in [0.25, 0.3) is 0 Å². The number of rotatable bonds is 6. The van der Waals surface area contributed by atoms with Crippen molar-refractivity contribution in [2.24, 2.45) is 5.16 Å². The Hall–Kier alpha value is -3.57. The van der Waals surface area contributed by atoms with E-state index >= 15 is 0 Å². The molecule has 0 saturated carbocycles. The van der Waals surface area contributed by atoms with Crippen LogP contribution in [-0.4, -0.2) is 73.4 Å². The summed E-state index contributed by atoms with van der Waals surface area (Å²) in [4.78, 5) is 53.1. The van der Waals surface area contributed by atoms with Gasteiger partial charge < -0.3 is 26.1 Å². The Kier molecular flexibility index (Phi) is 6.47. The van der Waals surface area contributed by atoms with Crippen molar-refractivity contribution >= 4 is 57.7 Å². The van der Waals surface area contributed by atoms with Crippen molar-refractivity contribution in [3.63, 3.8) is 0 Å². The highest BCUT2D eigenvalue weighted by Gasteiger charge is 2.54. The van der Waals surface area contributed by atoms with Gasteiger partial charge >= 0.3 is 11.9 Å².